The lowest BCUT2D eigenvalue weighted by Crippen LogP contribution is -2.54. The molecular weight excluding hydrogens is 336 g/mol. The van der Waals surface area contributed by atoms with E-state index in [4.69, 9.17) is 4.74 Å². The van der Waals surface area contributed by atoms with Crippen molar-refractivity contribution in [1.29, 1.82) is 0 Å². The number of hydrogen-bond acceptors (Lipinski definition) is 5. The fourth-order valence-electron chi connectivity index (χ4n) is 2.89. The number of carbonyl (C=O) groups excluding carboxylic acids is 2. The molecule has 2 heterocycles. The van der Waals surface area contributed by atoms with Gasteiger partial charge in [0.2, 0.25) is 0 Å². The molecule has 1 N–H and O–H groups in total. The number of amides is 1. The molecule has 0 bridgehead atoms. The second-order valence-corrected chi connectivity index (χ2v) is 7.59. The average molecular weight is 358 g/mol. The first-order valence-corrected chi connectivity index (χ1v) is 9.22. The average Bonchev–Trinajstić information content (AvgIpc) is 3.07. The molecule has 5 nitrogen and oxygen atoms in total. The molecule has 0 saturated carbocycles. The molecule has 2 aromatic rings. The standard InChI is InChI=1S/C19H22N2O3S/c1-19(2)18(23)21(16-9-4-3-8-15(16)20-19)10-6-11-24-17(22)13-14-7-5-12-25-14/h3-5,7-9,12,20H,6,10-11,13H2,1-2H3. The van der Waals surface area contributed by atoms with Crippen LogP contribution in [-0.4, -0.2) is 30.6 Å². The fraction of sp³-hybridized carbons (Fsp3) is 0.368. The molecule has 25 heavy (non-hydrogen) atoms. The third-order valence-electron chi connectivity index (χ3n) is 4.11. The molecule has 132 valence electrons. The largest absolute Gasteiger partial charge is 0.465 e. The van der Waals surface area contributed by atoms with E-state index in [0.29, 0.717) is 26.0 Å². The van der Waals surface area contributed by atoms with Crippen LogP contribution in [0.2, 0.25) is 0 Å². The highest BCUT2D eigenvalue weighted by molar-refractivity contribution is 7.10. The minimum Gasteiger partial charge on any atom is -0.465 e. The van der Waals surface area contributed by atoms with Gasteiger partial charge in [-0.05, 0) is 43.8 Å². The van der Waals surface area contributed by atoms with Gasteiger partial charge < -0.3 is 15.0 Å². The Morgan fingerprint density at radius 2 is 2.04 bits per heavy atom. The highest BCUT2D eigenvalue weighted by Gasteiger charge is 2.38. The first-order valence-electron chi connectivity index (χ1n) is 8.34. The molecule has 1 aromatic carbocycles. The number of ether oxygens (including phenoxy) is 1. The molecule has 1 aliphatic rings. The fourth-order valence-corrected chi connectivity index (χ4v) is 3.58. The monoisotopic (exact) mass is 358 g/mol. The van der Waals surface area contributed by atoms with E-state index < -0.39 is 5.54 Å². The van der Waals surface area contributed by atoms with Crippen LogP contribution in [0.25, 0.3) is 0 Å². The van der Waals surface area contributed by atoms with Crippen LogP contribution in [0.4, 0.5) is 11.4 Å². The summed E-state index contributed by atoms with van der Waals surface area (Å²) < 4.78 is 5.30. The van der Waals surface area contributed by atoms with Crippen molar-refractivity contribution in [3.05, 3.63) is 46.7 Å². The summed E-state index contributed by atoms with van der Waals surface area (Å²) in [6.45, 7) is 4.58. The molecule has 1 aliphatic heterocycles. The van der Waals surface area contributed by atoms with Gasteiger partial charge in [0.25, 0.3) is 5.91 Å². The van der Waals surface area contributed by atoms with E-state index in [-0.39, 0.29) is 11.9 Å². The van der Waals surface area contributed by atoms with Gasteiger partial charge in [0.05, 0.1) is 24.4 Å². The Bertz CT molecular complexity index is 756. The molecule has 0 fully saturated rings. The zero-order chi connectivity index (χ0) is 17.9. The summed E-state index contributed by atoms with van der Waals surface area (Å²) >= 11 is 1.54. The Balaban J connectivity index is 1.55. The predicted molar refractivity (Wildman–Crippen MR) is 100 cm³/mol. The Kier molecular flexibility index (Phi) is 5.08. The van der Waals surface area contributed by atoms with Crippen LogP contribution in [0.1, 0.15) is 25.1 Å². The minimum absolute atomic E-state index is 0.0242. The van der Waals surface area contributed by atoms with Crippen LogP contribution in [0, 0.1) is 0 Å². The number of anilines is 2. The highest BCUT2D eigenvalue weighted by atomic mass is 32.1. The van der Waals surface area contributed by atoms with Gasteiger partial charge in [-0.2, -0.15) is 0 Å². The Labute approximate surface area is 151 Å². The number of para-hydroxylation sites is 2. The lowest BCUT2D eigenvalue weighted by molar-refractivity contribution is -0.142. The molecule has 0 unspecified atom stereocenters. The van der Waals surface area contributed by atoms with E-state index in [2.05, 4.69) is 5.32 Å². The van der Waals surface area contributed by atoms with Crippen molar-refractivity contribution in [2.75, 3.05) is 23.4 Å². The van der Waals surface area contributed by atoms with E-state index >= 15 is 0 Å². The van der Waals surface area contributed by atoms with Gasteiger partial charge in [-0.25, -0.2) is 0 Å². The van der Waals surface area contributed by atoms with Crippen LogP contribution < -0.4 is 10.2 Å². The number of nitrogens with one attached hydrogen (secondary N) is 1. The van der Waals surface area contributed by atoms with Gasteiger partial charge in [0.1, 0.15) is 5.54 Å². The lowest BCUT2D eigenvalue weighted by Gasteiger charge is -2.40. The molecule has 0 aliphatic carbocycles. The van der Waals surface area contributed by atoms with Gasteiger partial charge in [-0.15, -0.1) is 11.3 Å². The van der Waals surface area contributed by atoms with E-state index in [9.17, 15) is 9.59 Å². The van der Waals surface area contributed by atoms with Crippen molar-refractivity contribution < 1.29 is 14.3 Å². The summed E-state index contributed by atoms with van der Waals surface area (Å²) in [5.41, 5.74) is 1.17. The first kappa shape index (κ1) is 17.5. The van der Waals surface area contributed by atoms with Crippen LogP contribution in [0.15, 0.2) is 41.8 Å². The normalized spacial score (nSPS) is 15.4. The maximum Gasteiger partial charge on any atom is 0.311 e. The second-order valence-electron chi connectivity index (χ2n) is 6.55. The third kappa shape index (κ3) is 4.02. The Hall–Kier alpha value is -2.34. The molecule has 6 heteroatoms. The van der Waals surface area contributed by atoms with Gasteiger partial charge in [0, 0.05) is 11.4 Å². The van der Waals surface area contributed by atoms with E-state index in [1.165, 1.54) is 0 Å². The molecule has 3 rings (SSSR count). The van der Waals surface area contributed by atoms with Crippen molar-refractivity contribution in [1.82, 2.24) is 0 Å². The Morgan fingerprint density at radius 1 is 1.24 bits per heavy atom. The van der Waals surface area contributed by atoms with Gasteiger partial charge >= 0.3 is 5.97 Å². The zero-order valence-corrected chi connectivity index (χ0v) is 15.3. The number of fused-ring (bicyclic) bond motifs is 1. The van der Waals surface area contributed by atoms with Crippen molar-refractivity contribution in [2.45, 2.75) is 32.2 Å². The molecule has 1 aromatic heterocycles. The number of benzene rings is 1. The van der Waals surface area contributed by atoms with Crippen molar-refractivity contribution >= 4 is 34.6 Å². The summed E-state index contributed by atoms with van der Waals surface area (Å²) in [5.74, 6) is -0.203. The zero-order valence-electron chi connectivity index (χ0n) is 14.5. The third-order valence-corrected chi connectivity index (χ3v) is 4.99. The summed E-state index contributed by atoms with van der Waals surface area (Å²) in [7, 11) is 0. The number of carbonyl (C=O) groups is 2. The SMILES string of the molecule is CC1(C)Nc2ccccc2N(CCCOC(=O)Cc2cccs2)C1=O. The smallest absolute Gasteiger partial charge is 0.311 e. The highest BCUT2D eigenvalue weighted by Crippen LogP contribution is 2.34. The molecule has 0 spiro atoms. The molecule has 0 saturated heterocycles. The first-order chi connectivity index (χ1) is 12.0. The maximum atomic E-state index is 12.7. The number of hydrogen-bond donors (Lipinski definition) is 1. The van der Waals surface area contributed by atoms with Crippen LogP contribution >= 0.6 is 11.3 Å². The van der Waals surface area contributed by atoms with Crippen LogP contribution in [-0.2, 0) is 20.7 Å². The number of esters is 1. The molecule has 1 amide bonds. The van der Waals surface area contributed by atoms with Gasteiger partial charge in [-0.1, -0.05) is 18.2 Å². The van der Waals surface area contributed by atoms with Gasteiger partial charge in [0.15, 0.2) is 0 Å². The van der Waals surface area contributed by atoms with Gasteiger partial charge in [-0.3, -0.25) is 9.59 Å². The second kappa shape index (κ2) is 7.27. The van der Waals surface area contributed by atoms with Crippen molar-refractivity contribution in [3.8, 4) is 0 Å². The molecular formula is C19H22N2O3S. The van der Waals surface area contributed by atoms with Crippen LogP contribution in [0.5, 0.6) is 0 Å². The van der Waals surface area contributed by atoms with Crippen molar-refractivity contribution in [2.24, 2.45) is 0 Å². The number of rotatable bonds is 6. The maximum absolute atomic E-state index is 12.7. The number of nitrogens with zero attached hydrogens (tertiary/aromatic N) is 1. The lowest BCUT2D eigenvalue weighted by atomic mass is 9.98. The van der Waals surface area contributed by atoms with Crippen LogP contribution in [0.3, 0.4) is 0 Å². The summed E-state index contributed by atoms with van der Waals surface area (Å²) in [5, 5.41) is 5.22. The summed E-state index contributed by atoms with van der Waals surface area (Å²) in [6.07, 6.45) is 0.909. The molecule has 0 atom stereocenters. The minimum atomic E-state index is -0.649. The van der Waals surface area contributed by atoms with Crippen molar-refractivity contribution in [3.63, 3.8) is 0 Å². The van der Waals surface area contributed by atoms with E-state index in [0.717, 1.165) is 16.3 Å². The van der Waals surface area contributed by atoms with E-state index in [1.807, 2.05) is 55.6 Å². The number of thiophene rings is 1. The Morgan fingerprint density at radius 3 is 2.80 bits per heavy atom. The predicted octanol–water partition coefficient (Wildman–Crippen LogP) is 3.46. The summed E-state index contributed by atoms with van der Waals surface area (Å²) in [4.78, 5) is 27.3. The summed E-state index contributed by atoms with van der Waals surface area (Å²) in [6, 6.07) is 11.6. The molecule has 0 radical (unpaired) electrons. The topological polar surface area (TPSA) is 58.6 Å². The van der Waals surface area contributed by atoms with E-state index in [1.54, 1.807) is 16.2 Å². The quantitative estimate of drug-likeness (QED) is 0.635.